The van der Waals surface area contributed by atoms with E-state index in [1.165, 1.54) is 12.0 Å². The molecule has 7 nitrogen and oxygen atoms in total. The summed E-state index contributed by atoms with van der Waals surface area (Å²) in [6, 6.07) is 15.9. The van der Waals surface area contributed by atoms with Crippen molar-refractivity contribution in [2.24, 2.45) is 0 Å². The standard InChI is InChI=1S/C34H36F6N4O3/c1-42(2)28-11-9-23(10-12-28)21-43(15-13-24-20-41-30-8-5-4-7-29(24)30)31(45)22-44(14-6-16-47-3)32(46)25-17-26(33(35,36)37)19-27(18-25)34(38,39)40/h4-5,7-12,17-20,41H,6,13-16,21-22H2,1-3H3. The van der Waals surface area contributed by atoms with E-state index in [1.54, 1.807) is 0 Å². The summed E-state index contributed by atoms with van der Waals surface area (Å²) in [5.41, 5.74) is -0.415. The van der Waals surface area contributed by atoms with Gasteiger partial charge in [-0.15, -0.1) is 0 Å². The number of amides is 2. The third-order valence-corrected chi connectivity index (χ3v) is 7.73. The Morgan fingerprint density at radius 2 is 1.47 bits per heavy atom. The number of aromatic nitrogens is 1. The molecule has 13 heteroatoms. The summed E-state index contributed by atoms with van der Waals surface area (Å²) in [5.74, 6) is -1.65. The van der Waals surface area contributed by atoms with E-state index in [1.807, 2.05) is 73.7 Å². The topological polar surface area (TPSA) is 68.9 Å². The zero-order valence-electron chi connectivity index (χ0n) is 26.2. The maximum absolute atomic E-state index is 13.9. The number of ether oxygens (including phenoxy) is 1. The number of carbonyl (C=O) groups excluding carboxylic acids is 2. The number of rotatable bonds is 13. The summed E-state index contributed by atoms with van der Waals surface area (Å²) in [4.78, 5) is 35.1. The lowest BCUT2D eigenvalue weighted by Gasteiger charge is -2.28. The Labute approximate surface area is 268 Å². The van der Waals surface area contributed by atoms with E-state index in [4.69, 9.17) is 4.74 Å². The molecular formula is C34H36F6N4O3. The van der Waals surface area contributed by atoms with Crippen LogP contribution >= 0.6 is 0 Å². The number of aromatic amines is 1. The summed E-state index contributed by atoms with van der Waals surface area (Å²) in [7, 11) is 5.19. The second-order valence-electron chi connectivity index (χ2n) is 11.4. The van der Waals surface area contributed by atoms with Crippen LogP contribution in [0.3, 0.4) is 0 Å². The van der Waals surface area contributed by atoms with Crippen molar-refractivity contribution in [1.82, 2.24) is 14.8 Å². The molecule has 2 amide bonds. The molecule has 1 aromatic heterocycles. The van der Waals surface area contributed by atoms with Crippen molar-refractivity contribution in [3.8, 4) is 0 Å². The van der Waals surface area contributed by atoms with Crippen LogP contribution in [0.1, 0.15) is 39.0 Å². The van der Waals surface area contributed by atoms with Crippen molar-refractivity contribution in [2.45, 2.75) is 31.7 Å². The normalized spacial score (nSPS) is 11.9. The summed E-state index contributed by atoms with van der Waals surface area (Å²) in [6.07, 6.45) is -7.76. The smallest absolute Gasteiger partial charge is 0.385 e. The molecule has 0 aliphatic heterocycles. The molecule has 4 aromatic rings. The highest BCUT2D eigenvalue weighted by Gasteiger charge is 2.38. The number of hydrogen-bond acceptors (Lipinski definition) is 4. The number of fused-ring (bicyclic) bond motifs is 1. The SMILES string of the molecule is COCCCN(CC(=O)N(CCc1c[nH]c2ccccc12)Cc1ccc(N(C)C)cc1)C(=O)c1cc(C(F)(F)F)cc(C(F)(F)F)c1. The zero-order valence-corrected chi connectivity index (χ0v) is 26.2. The fourth-order valence-electron chi connectivity index (χ4n) is 5.18. The number of hydrogen-bond donors (Lipinski definition) is 1. The molecule has 252 valence electrons. The Morgan fingerprint density at radius 1 is 0.830 bits per heavy atom. The second-order valence-corrected chi connectivity index (χ2v) is 11.4. The van der Waals surface area contributed by atoms with Gasteiger partial charge in [-0.2, -0.15) is 26.3 Å². The highest BCUT2D eigenvalue weighted by atomic mass is 19.4. The number of carbonyl (C=O) groups is 2. The van der Waals surface area contributed by atoms with Crippen LogP contribution in [0.25, 0.3) is 10.9 Å². The molecule has 1 heterocycles. The molecule has 0 saturated carbocycles. The highest BCUT2D eigenvalue weighted by Crippen LogP contribution is 2.36. The molecule has 1 N–H and O–H groups in total. The monoisotopic (exact) mass is 662 g/mol. The summed E-state index contributed by atoms with van der Waals surface area (Å²) >= 11 is 0. The van der Waals surface area contributed by atoms with Crippen LogP contribution in [-0.2, 0) is 34.8 Å². The van der Waals surface area contributed by atoms with Gasteiger partial charge in [0, 0.05) is 75.8 Å². The molecule has 0 bridgehead atoms. The van der Waals surface area contributed by atoms with E-state index in [0.717, 1.165) is 32.6 Å². The van der Waals surface area contributed by atoms with Gasteiger partial charge < -0.3 is 24.4 Å². The molecule has 4 rings (SSSR count). The Hall–Kier alpha value is -4.52. The van der Waals surface area contributed by atoms with Gasteiger partial charge in [0.2, 0.25) is 5.91 Å². The third-order valence-electron chi connectivity index (χ3n) is 7.73. The van der Waals surface area contributed by atoms with Crippen molar-refractivity contribution < 1.29 is 40.7 Å². The molecule has 0 unspecified atom stereocenters. The first-order valence-electron chi connectivity index (χ1n) is 14.8. The summed E-state index contributed by atoms with van der Waals surface area (Å²) in [6.45, 7) is -0.153. The lowest BCUT2D eigenvalue weighted by atomic mass is 10.0. The molecule has 0 fully saturated rings. The minimum atomic E-state index is -5.13. The first-order chi connectivity index (χ1) is 22.2. The van der Waals surface area contributed by atoms with Gasteiger partial charge in [-0.05, 0) is 60.4 Å². The van der Waals surface area contributed by atoms with Gasteiger partial charge in [-0.25, -0.2) is 0 Å². The van der Waals surface area contributed by atoms with Crippen molar-refractivity contribution in [1.29, 1.82) is 0 Å². The number of methoxy groups -OCH3 is 1. The van der Waals surface area contributed by atoms with E-state index < -0.39 is 47.4 Å². The molecule has 0 radical (unpaired) electrons. The average molecular weight is 663 g/mol. The van der Waals surface area contributed by atoms with E-state index >= 15 is 0 Å². The predicted molar refractivity (Wildman–Crippen MR) is 167 cm³/mol. The quantitative estimate of drug-likeness (QED) is 0.123. The first kappa shape index (κ1) is 35.3. The minimum absolute atomic E-state index is 0.0365. The van der Waals surface area contributed by atoms with Crippen LogP contribution in [0.5, 0.6) is 0 Å². The number of anilines is 1. The second kappa shape index (κ2) is 14.9. The first-order valence-corrected chi connectivity index (χ1v) is 14.8. The van der Waals surface area contributed by atoms with Crippen molar-refractivity contribution >= 4 is 28.4 Å². The number of H-pyrrole nitrogens is 1. The van der Waals surface area contributed by atoms with Crippen molar-refractivity contribution in [2.75, 3.05) is 52.3 Å². The van der Waals surface area contributed by atoms with Gasteiger partial charge in [0.1, 0.15) is 6.54 Å². The zero-order chi connectivity index (χ0) is 34.4. The maximum Gasteiger partial charge on any atom is 0.416 e. The van der Waals surface area contributed by atoms with Gasteiger partial charge in [0.25, 0.3) is 5.91 Å². The largest absolute Gasteiger partial charge is 0.416 e. The van der Waals surface area contributed by atoms with Crippen LogP contribution in [0.2, 0.25) is 0 Å². The molecule has 0 aliphatic carbocycles. The Kier molecular flexibility index (Phi) is 11.2. The van der Waals surface area contributed by atoms with Crippen LogP contribution in [0.15, 0.2) is 72.9 Å². The number of benzene rings is 3. The van der Waals surface area contributed by atoms with Crippen LogP contribution in [-0.4, -0.2) is 74.0 Å². The number of alkyl halides is 6. The van der Waals surface area contributed by atoms with Crippen LogP contribution < -0.4 is 4.90 Å². The summed E-state index contributed by atoms with van der Waals surface area (Å²) in [5, 5.41) is 0.983. The van der Waals surface area contributed by atoms with Gasteiger partial charge in [0.05, 0.1) is 11.1 Å². The van der Waals surface area contributed by atoms with Gasteiger partial charge in [-0.3, -0.25) is 9.59 Å². The lowest BCUT2D eigenvalue weighted by Crippen LogP contribution is -2.44. The summed E-state index contributed by atoms with van der Waals surface area (Å²) < 4.78 is 86.4. The molecule has 0 spiro atoms. The Balaban J connectivity index is 1.64. The number of nitrogens with zero attached hydrogens (tertiary/aromatic N) is 3. The van der Waals surface area contributed by atoms with Crippen LogP contribution in [0, 0.1) is 0 Å². The van der Waals surface area contributed by atoms with E-state index in [-0.39, 0.29) is 38.7 Å². The predicted octanol–water partition coefficient (Wildman–Crippen LogP) is 7.02. The fourth-order valence-corrected chi connectivity index (χ4v) is 5.18. The molecule has 0 saturated heterocycles. The lowest BCUT2D eigenvalue weighted by molar-refractivity contribution is -0.143. The minimum Gasteiger partial charge on any atom is -0.385 e. The average Bonchev–Trinajstić information content (AvgIpc) is 3.44. The molecule has 0 atom stereocenters. The highest BCUT2D eigenvalue weighted by molar-refractivity contribution is 5.97. The molecule has 0 aliphatic rings. The van der Waals surface area contributed by atoms with Crippen molar-refractivity contribution in [3.63, 3.8) is 0 Å². The van der Waals surface area contributed by atoms with E-state index in [0.29, 0.717) is 18.6 Å². The number of para-hydroxylation sites is 1. The van der Waals surface area contributed by atoms with E-state index in [9.17, 15) is 35.9 Å². The number of nitrogens with one attached hydrogen (secondary N) is 1. The van der Waals surface area contributed by atoms with Gasteiger partial charge in [0.15, 0.2) is 0 Å². The molecular weight excluding hydrogens is 626 g/mol. The van der Waals surface area contributed by atoms with Gasteiger partial charge in [-0.1, -0.05) is 30.3 Å². The van der Waals surface area contributed by atoms with Crippen LogP contribution in [0.4, 0.5) is 32.0 Å². The third kappa shape index (κ3) is 9.28. The molecule has 3 aromatic carbocycles. The van der Waals surface area contributed by atoms with Crippen molar-refractivity contribution in [3.05, 3.63) is 101 Å². The Morgan fingerprint density at radius 3 is 2.06 bits per heavy atom. The fraction of sp³-hybridized carbons (Fsp3) is 0.353. The molecule has 47 heavy (non-hydrogen) atoms. The Bertz CT molecular complexity index is 1630. The maximum atomic E-state index is 13.9. The van der Waals surface area contributed by atoms with E-state index in [2.05, 4.69) is 4.98 Å². The van der Waals surface area contributed by atoms with Gasteiger partial charge >= 0.3 is 12.4 Å². The number of halogens is 6.